The van der Waals surface area contributed by atoms with E-state index < -0.39 is 11.7 Å². The van der Waals surface area contributed by atoms with E-state index in [1.54, 1.807) is 36.4 Å². The van der Waals surface area contributed by atoms with Gasteiger partial charge in [0.2, 0.25) is 0 Å². The zero-order chi connectivity index (χ0) is 13.8. The highest BCUT2D eigenvalue weighted by atomic mass is 35.5. The zero-order valence-electron chi connectivity index (χ0n) is 9.77. The maximum absolute atomic E-state index is 13.6. The van der Waals surface area contributed by atoms with Gasteiger partial charge in [0, 0.05) is 5.02 Å². The summed E-state index contributed by atoms with van der Waals surface area (Å²) in [7, 11) is 0. The largest absolute Gasteiger partial charge is 0.206 e. The topological polar surface area (TPSA) is 47.6 Å². The van der Waals surface area contributed by atoms with Crippen molar-refractivity contribution in [3.63, 3.8) is 0 Å². The summed E-state index contributed by atoms with van der Waals surface area (Å²) in [6.07, 6.45) is 0. The number of nitriles is 2. The lowest BCUT2D eigenvalue weighted by atomic mass is 9.89. The molecule has 0 amide bonds. The Morgan fingerprint density at radius 2 is 1.68 bits per heavy atom. The van der Waals surface area contributed by atoms with Crippen LogP contribution in [0.3, 0.4) is 0 Å². The van der Waals surface area contributed by atoms with Crippen molar-refractivity contribution in [1.82, 2.24) is 0 Å². The monoisotopic (exact) mass is 270 g/mol. The van der Waals surface area contributed by atoms with E-state index in [1.807, 2.05) is 0 Å². The molecule has 2 aromatic rings. The normalized spacial score (nSPS) is 11.4. The fraction of sp³-hybridized carbons (Fsp3) is 0.0667. The van der Waals surface area contributed by atoms with Crippen molar-refractivity contribution < 1.29 is 4.39 Å². The second-order valence-corrected chi connectivity index (χ2v) is 4.31. The van der Waals surface area contributed by atoms with E-state index in [9.17, 15) is 9.65 Å². The average molecular weight is 271 g/mol. The van der Waals surface area contributed by atoms with Crippen LogP contribution >= 0.6 is 11.6 Å². The lowest BCUT2D eigenvalue weighted by molar-refractivity contribution is 0.621. The molecular weight excluding hydrogens is 263 g/mol. The van der Waals surface area contributed by atoms with Crippen LogP contribution in [0.2, 0.25) is 5.02 Å². The molecule has 2 aromatic carbocycles. The number of rotatable bonds is 2. The molecule has 0 N–H and O–H groups in total. The van der Waals surface area contributed by atoms with E-state index in [1.165, 1.54) is 12.1 Å². The Morgan fingerprint density at radius 3 is 2.32 bits per heavy atom. The van der Waals surface area contributed by atoms with Gasteiger partial charge in [0.15, 0.2) is 0 Å². The molecule has 0 unspecified atom stereocenters. The zero-order valence-corrected chi connectivity index (χ0v) is 10.5. The second kappa shape index (κ2) is 5.52. The average Bonchev–Trinajstić information content (AvgIpc) is 2.42. The van der Waals surface area contributed by atoms with Crippen molar-refractivity contribution in [1.29, 1.82) is 10.5 Å². The van der Waals surface area contributed by atoms with E-state index in [4.69, 9.17) is 16.9 Å². The Hall–Kier alpha value is -2.36. The molecule has 0 bridgehead atoms. The van der Waals surface area contributed by atoms with Gasteiger partial charge in [-0.3, -0.25) is 0 Å². The summed E-state index contributed by atoms with van der Waals surface area (Å²) in [6.45, 7) is 0. The fourth-order valence-corrected chi connectivity index (χ4v) is 2.16. The Labute approximate surface area is 115 Å². The number of hydrogen-bond donors (Lipinski definition) is 0. The van der Waals surface area contributed by atoms with Gasteiger partial charge < -0.3 is 0 Å². The Kier molecular flexibility index (Phi) is 3.80. The first kappa shape index (κ1) is 13.1. The van der Waals surface area contributed by atoms with Crippen LogP contribution < -0.4 is 0 Å². The van der Waals surface area contributed by atoms with Gasteiger partial charge in [-0.05, 0) is 23.3 Å². The third-order valence-corrected chi connectivity index (χ3v) is 3.16. The van der Waals surface area contributed by atoms with E-state index >= 15 is 0 Å². The second-order valence-electron chi connectivity index (χ2n) is 3.90. The molecule has 0 aliphatic carbocycles. The van der Waals surface area contributed by atoms with Gasteiger partial charge in [-0.2, -0.15) is 10.5 Å². The summed E-state index contributed by atoms with van der Waals surface area (Å²) in [5, 5.41) is 18.8. The van der Waals surface area contributed by atoms with Crippen molar-refractivity contribution in [2.45, 2.75) is 5.92 Å². The maximum atomic E-state index is 13.6. The number of hydrogen-bond acceptors (Lipinski definition) is 2. The van der Waals surface area contributed by atoms with E-state index in [-0.39, 0.29) is 5.56 Å². The molecule has 0 aliphatic rings. The molecule has 0 heterocycles. The summed E-state index contributed by atoms with van der Waals surface area (Å²) < 4.78 is 13.6. The molecule has 4 heteroatoms. The van der Waals surface area contributed by atoms with Gasteiger partial charge in [0.25, 0.3) is 0 Å². The SMILES string of the molecule is N#Cc1c(F)cccc1[C@@H](C#N)c1ccccc1Cl. The van der Waals surface area contributed by atoms with E-state index in [2.05, 4.69) is 6.07 Å². The van der Waals surface area contributed by atoms with Crippen molar-refractivity contribution in [2.24, 2.45) is 0 Å². The predicted octanol–water partition coefficient (Wildman–Crippen LogP) is 4.01. The van der Waals surface area contributed by atoms with Gasteiger partial charge >= 0.3 is 0 Å². The maximum Gasteiger partial charge on any atom is 0.141 e. The third-order valence-electron chi connectivity index (χ3n) is 2.81. The summed E-state index contributed by atoms with van der Waals surface area (Å²) in [4.78, 5) is 0. The van der Waals surface area contributed by atoms with Gasteiger partial charge in [-0.15, -0.1) is 0 Å². The first-order valence-corrected chi connectivity index (χ1v) is 5.89. The summed E-state index contributed by atoms with van der Waals surface area (Å²) in [6, 6.07) is 15.0. The van der Waals surface area contributed by atoms with E-state index in [0.717, 1.165) is 0 Å². The van der Waals surface area contributed by atoms with E-state index in [0.29, 0.717) is 16.1 Å². The number of nitrogens with zero attached hydrogens (tertiary/aromatic N) is 2. The van der Waals surface area contributed by atoms with Crippen LogP contribution in [-0.4, -0.2) is 0 Å². The molecule has 0 saturated heterocycles. The van der Waals surface area contributed by atoms with Crippen LogP contribution in [0.25, 0.3) is 0 Å². The van der Waals surface area contributed by atoms with Gasteiger partial charge in [-0.25, -0.2) is 4.39 Å². The molecule has 0 fully saturated rings. The smallest absolute Gasteiger partial charge is 0.141 e. The molecule has 0 aliphatic heterocycles. The van der Waals surface area contributed by atoms with Crippen molar-refractivity contribution in [3.05, 3.63) is 70.0 Å². The Bertz CT molecular complexity index is 698. The number of halogens is 2. The standard InChI is InChI=1S/C15H8ClFN2/c16-14-6-2-1-4-11(14)12(8-18)10-5-3-7-15(17)13(10)9-19/h1-7,12H/t12-/m1/s1. The molecule has 1 atom stereocenters. The molecule has 92 valence electrons. The highest BCUT2D eigenvalue weighted by Crippen LogP contribution is 2.32. The predicted molar refractivity (Wildman–Crippen MR) is 70.0 cm³/mol. The molecule has 0 radical (unpaired) electrons. The first-order valence-electron chi connectivity index (χ1n) is 5.51. The molecule has 2 rings (SSSR count). The molecule has 0 aromatic heterocycles. The van der Waals surface area contributed by atoms with Gasteiger partial charge in [0.1, 0.15) is 11.9 Å². The summed E-state index contributed by atoms with van der Waals surface area (Å²) in [5.74, 6) is -1.40. The van der Waals surface area contributed by atoms with Crippen molar-refractivity contribution >= 4 is 11.6 Å². The molecule has 2 nitrogen and oxygen atoms in total. The minimum absolute atomic E-state index is 0.117. The van der Waals surface area contributed by atoms with Crippen LogP contribution in [0, 0.1) is 28.5 Å². The minimum atomic E-state index is -0.765. The van der Waals surface area contributed by atoms with Crippen LogP contribution in [0.4, 0.5) is 4.39 Å². The Morgan fingerprint density at radius 1 is 1.00 bits per heavy atom. The van der Waals surface area contributed by atoms with Gasteiger partial charge in [0.05, 0.1) is 17.6 Å². The fourth-order valence-electron chi connectivity index (χ4n) is 1.92. The van der Waals surface area contributed by atoms with Crippen LogP contribution in [0.1, 0.15) is 22.6 Å². The molecule has 19 heavy (non-hydrogen) atoms. The van der Waals surface area contributed by atoms with Crippen molar-refractivity contribution in [2.75, 3.05) is 0 Å². The minimum Gasteiger partial charge on any atom is -0.206 e. The summed E-state index contributed by atoms with van der Waals surface area (Å²) >= 11 is 6.06. The van der Waals surface area contributed by atoms with Crippen LogP contribution in [-0.2, 0) is 0 Å². The molecule has 0 spiro atoms. The lowest BCUT2D eigenvalue weighted by Crippen LogP contribution is -2.03. The molecular formula is C15H8ClFN2. The van der Waals surface area contributed by atoms with Gasteiger partial charge in [-0.1, -0.05) is 41.9 Å². The highest BCUT2D eigenvalue weighted by molar-refractivity contribution is 6.31. The Balaban J connectivity index is 2.64. The van der Waals surface area contributed by atoms with Crippen LogP contribution in [0.5, 0.6) is 0 Å². The quantitative estimate of drug-likeness (QED) is 0.828. The summed E-state index contributed by atoms with van der Waals surface area (Å²) in [5.41, 5.74) is 0.779. The number of benzene rings is 2. The van der Waals surface area contributed by atoms with Crippen LogP contribution in [0.15, 0.2) is 42.5 Å². The third kappa shape index (κ3) is 2.42. The van der Waals surface area contributed by atoms with Crippen molar-refractivity contribution in [3.8, 4) is 12.1 Å². The molecule has 0 saturated carbocycles. The lowest BCUT2D eigenvalue weighted by Gasteiger charge is -2.13. The highest BCUT2D eigenvalue weighted by Gasteiger charge is 2.21. The first-order chi connectivity index (χ1) is 9.19.